The van der Waals surface area contributed by atoms with Crippen molar-refractivity contribution in [3.63, 3.8) is 0 Å². The summed E-state index contributed by atoms with van der Waals surface area (Å²) in [7, 11) is 0. The van der Waals surface area contributed by atoms with E-state index in [1.165, 1.54) is 0 Å². The highest BCUT2D eigenvalue weighted by Crippen LogP contribution is 2.36. The van der Waals surface area contributed by atoms with Gasteiger partial charge in [0.15, 0.2) is 0 Å². The minimum atomic E-state index is -0.787. The van der Waals surface area contributed by atoms with Gasteiger partial charge in [0.1, 0.15) is 0 Å². The number of unbranched alkanes of at least 4 members (excludes halogenated alkanes) is 3. The Morgan fingerprint density at radius 1 is 1.16 bits per heavy atom. The van der Waals surface area contributed by atoms with Crippen LogP contribution in [0.4, 0.5) is 0 Å². The molecular formula is C20H34O5. The molecule has 1 aliphatic rings. The number of carbonyl (C=O) groups is 1. The molecule has 5 atom stereocenters. The van der Waals surface area contributed by atoms with E-state index in [4.69, 9.17) is 5.11 Å². The molecule has 0 aromatic heterocycles. The van der Waals surface area contributed by atoms with Crippen LogP contribution < -0.4 is 0 Å². The third kappa shape index (κ3) is 8.66. The number of hydrogen-bond donors (Lipinski definition) is 4. The monoisotopic (exact) mass is 354 g/mol. The van der Waals surface area contributed by atoms with Gasteiger partial charge in [0.2, 0.25) is 0 Å². The predicted molar refractivity (Wildman–Crippen MR) is 98.1 cm³/mol. The zero-order valence-electron chi connectivity index (χ0n) is 15.3. The lowest BCUT2D eigenvalue weighted by Crippen LogP contribution is -2.20. The maximum atomic E-state index is 10.5. The van der Waals surface area contributed by atoms with Crippen molar-refractivity contribution in [2.75, 3.05) is 0 Å². The van der Waals surface area contributed by atoms with E-state index in [9.17, 15) is 20.1 Å². The molecule has 144 valence electrons. The zero-order chi connectivity index (χ0) is 18.7. The van der Waals surface area contributed by atoms with E-state index in [0.29, 0.717) is 25.7 Å². The lowest BCUT2D eigenvalue weighted by molar-refractivity contribution is -0.137. The topological polar surface area (TPSA) is 98.0 Å². The molecule has 0 saturated heterocycles. The lowest BCUT2D eigenvalue weighted by atomic mass is 9.89. The van der Waals surface area contributed by atoms with Crippen LogP contribution in [0.3, 0.4) is 0 Å². The molecule has 0 aromatic carbocycles. The van der Waals surface area contributed by atoms with E-state index in [1.54, 1.807) is 6.08 Å². The first-order chi connectivity index (χ1) is 12.0. The van der Waals surface area contributed by atoms with Crippen LogP contribution in [0.1, 0.15) is 64.7 Å². The van der Waals surface area contributed by atoms with Crippen LogP contribution in [0.15, 0.2) is 24.3 Å². The van der Waals surface area contributed by atoms with E-state index in [-0.39, 0.29) is 18.3 Å². The molecule has 1 aliphatic carbocycles. The molecule has 0 amide bonds. The second-order valence-electron chi connectivity index (χ2n) is 7.05. The Bertz CT molecular complexity index is 432. The molecule has 1 unspecified atom stereocenters. The molecule has 5 heteroatoms. The summed E-state index contributed by atoms with van der Waals surface area (Å²) in [5, 5.41) is 39.0. The minimum absolute atomic E-state index is 0.0650. The molecule has 0 spiro atoms. The Kier molecular flexibility index (Phi) is 10.7. The van der Waals surface area contributed by atoms with Gasteiger partial charge in [0.05, 0.1) is 18.3 Å². The van der Waals surface area contributed by atoms with Crippen LogP contribution >= 0.6 is 0 Å². The van der Waals surface area contributed by atoms with Crippen molar-refractivity contribution in [2.45, 2.75) is 83.0 Å². The average molecular weight is 354 g/mol. The molecule has 5 nitrogen and oxygen atoms in total. The zero-order valence-corrected chi connectivity index (χ0v) is 15.3. The van der Waals surface area contributed by atoms with Crippen LogP contribution in [-0.2, 0) is 4.79 Å². The number of carboxylic acids is 1. The second kappa shape index (κ2) is 12.2. The Labute approximate surface area is 151 Å². The van der Waals surface area contributed by atoms with Crippen molar-refractivity contribution >= 4 is 5.97 Å². The standard InChI is InChI=1S/C20H34O5/c1-2-3-6-9-15(21)12-13-17-16(18(22)14-19(17)23)10-7-4-5-8-11-20(24)25/h4,7,12-13,15-19,21-23H,2-3,5-6,8-11,14H2,1H3,(H,24,25)/b7-4-,13-12+/t15-,16-,17+,18?,19+/m0/s1. The Hall–Kier alpha value is -1.17. The fraction of sp³-hybridized carbons (Fsp3) is 0.750. The van der Waals surface area contributed by atoms with Gasteiger partial charge in [0, 0.05) is 18.8 Å². The highest BCUT2D eigenvalue weighted by Gasteiger charge is 2.39. The first-order valence-corrected chi connectivity index (χ1v) is 9.55. The Morgan fingerprint density at radius 3 is 2.60 bits per heavy atom. The maximum Gasteiger partial charge on any atom is 0.303 e. The summed E-state index contributed by atoms with van der Waals surface area (Å²) in [6.07, 6.45) is 12.3. The van der Waals surface area contributed by atoms with Gasteiger partial charge in [-0.2, -0.15) is 0 Å². The van der Waals surface area contributed by atoms with Crippen molar-refractivity contribution in [1.29, 1.82) is 0 Å². The van der Waals surface area contributed by atoms with Crippen LogP contribution in [-0.4, -0.2) is 44.7 Å². The fourth-order valence-corrected chi connectivity index (χ4v) is 3.41. The number of aliphatic hydroxyl groups excluding tert-OH is 3. The van der Waals surface area contributed by atoms with Gasteiger partial charge in [0.25, 0.3) is 0 Å². The van der Waals surface area contributed by atoms with E-state index in [0.717, 1.165) is 25.7 Å². The summed E-state index contributed by atoms with van der Waals surface area (Å²) in [5.41, 5.74) is 0. The third-order valence-corrected chi connectivity index (χ3v) is 4.91. The molecular weight excluding hydrogens is 320 g/mol. The summed E-state index contributed by atoms with van der Waals surface area (Å²) in [5.74, 6) is -1.00. The number of aliphatic hydroxyl groups is 3. The summed E-state index contributed by atoms with van der Waals surface area (Å²) < 4.78 is 0. The van der Waals surface area contributed by atoms with E-state index >= 15 is 0 Å². The van der Waals surface area contributed by atoms with Gasteiger partial charge in [-0.1, -0.05) is 50.5 Å². The molecule has 0 heterocycles. The molecule has 1 rings (SSSR count). The van der Waals surface area contributed by atoms with E-state index < -0.39 is 24.3 Å². The summed E-state index contributed by atoms with van der Waals surface area (Å²) in [6.45, 7) is 2.12. The fourth-order valence-electron chi connectivity index (χ4n) is 3.41. The molecule has 0 bridgehead atoms. The van der Waals surface area contributed by atoms with Crippen LogP contribution in [0.2, 0.25) is 0 Å². The summed E-state index contributed by atoms with van der Waals surface area (Å²) in [6, 6.07) is 0. The quantitative estimate of drug-likeness (QED) is 0.319. The minimum Gasteiger partial charge on any atom is -0.481 e. The lowest BCUT2D eigenvalue weighted by Gasteiger charge is -2.19. The Morgan fingerprint density at radius 2 is 1.92 bits per heavy atom. The first kappa shape index (κ1) is 21.9. The Balaban J connectivity index is 2.46. The number of allylic oxidation sites excluding steroid dienone is 2. The molecule has 1 saturated carbocycles. The summed E-state index contributed by atoms with van der Waals surface area (Å²) >= 11 is 0. The third-order valence-electron chi connectivity index (χ3n) is 4.91. The number of hydrogen-bond acceptors (Lipinski definition) is 4. The number of carboxylic acid groups (broad SMARTS) is 1. The number of aliphatic carboxylic acids is 1. The molecule has 4 N–H and O–H groups in total. The van der Waals surface area contributed by atoms with Crippen LogP contribution in [0.25, 0.3) is 0 Å². The summed E-state index contributed by atoms with van der Waals surface area (Å²) in [4.78, 5) is 10.5. The van der Waals surface area contributed by atoms with Crippen molar-refractivity contribution in [2.24, 2.45) is 11.8 Å². The van der Waals surface area contributed by atoms with Crippen molar-refractivity contribution < 1.29 is 25.2 Å². The van der Waals surface area contributed by atoms with Gasteiger partial charge in [-0.05, 0) is 31.6 Å². The van der Waals surface area contributed by atoms with Gasteiger partial charge < -0.3 is 20.4 Å². The van der Waals surface area contributed by atoms with Gasteiger partial charge >= 0.3 is 5.97 Å². The molecule has 0 aliphatic heterocycles. The second-order valence-corrected chi connectivity index (χ2v) is 7.05. The van der Waals surface area contributed by atoms with Crippen LogP contribution in [0.5, 0.6) is 0 Å². The highest BCUT2D eigenvalue weighted by molar-refractivity contribution is 5.66. The molecule has 0 aromatic rings. The normalized spacial score (nSPS) is 28.2. The van der Waals surface area contributed by atoms with Gasteiger partial charge in [-0.25, -0.2) is 0 Å². The largest absolute Gasteiger partial charge is 0.481 e. The molecule has 25 heavy (non-hydrogen) atoms. The van der Waals surface area contributed by atoms with Crippen LogP contribution in [0, 0.1) is 11.8 Å². The van der Waals surface area contributed by atoms with E-state index in [2.05, 4.69) is 6.92 Å². The first-order valence-electron chi connectivity index (χ1n) is 9.55. The van der Waals surface area contributed by atoms with Crippen molar-refractivity contribution in [1.82, 2.24) is 0 Å². The van der Waals surface area contributed by atoms with Gasteiger partial charge in [-0.15, -0.1) is 0 Å². The SMILES string of the molecule is CCCCC[C@H](O)/C=C/[C@H]1[C@H](O)CC(O)[C@H]1C/C=C\CCCC(=O)O. The smallest absolute Gasteiger partial charge is 0.303 e. The van der Waals surface area contributed by atoms with Gasteiger partial charge in [-0.3, -0.25) is 4.79 Å². The van der Waals surface area contributed by atoms with Crippen molar-refractivity contribution in [3.05, 3.63) is 24.3 Å². The van der Waals surface area contributed by atoms with Crippen molar-refractivity contribution in [3.8, 4) is 0 Å². The molecule has 0 radical (unpaired) electrons. The predicted octanol–water partition coefficient (Wildman–Crippen LogP) is 3.04. The number of rotatable bonds is 12. The molecule has 1 fully saturated rings. The average Bonchev–Trinajstić information content (AvgIpc) is 2.82. The van der Waals surface area contributed by atoms with E-state index in [1.807, 2.05) is 18.2 Å². The maximum absolute atomic E-state index is 10.5. The highest BCUT2D eigenvalue weighted by atomic mass is 16.4.